The van der Waals surface area contributed by atoms with Crippen molar-refractivity contribution in [3.05, 3.63) is 58.6 Å². The van der Waals surface area contributed by atoms with Crippen LogP contribution in [0.3, 0.4) is 0 Å². The van der Waals surface area contributed by atoms with Gasteiger partial charge in [0.25, 0.3) is 0 Å². The number of piperidine rings is 1. The van der Waals surface area contributed by atoms with E-state index in [1.165, 1.54) is 16.4 Å². The van der Waals surface area contributed by atoms with E-state index in [1.807, 2.05) is 26.0 Å². The normalized spacial score (nSPS) is 17.0. The number of aryl methyl sites for hydroxylation is 2. The zero-order chi connectivity index (χ0) is 23.3. The van der Waals surface area contributed by atoms with E-state index in [2.05, 4.69) is 10.6 Å². The number of rotatable bonds is 6. The van der Waals surface area contributed by atoms with Crippen molar-refractivity contribution >= 4 is 39.1 Å². The maximum Gasteiger partial charge on any atom is 0.313 e. The van der Waals surface area contributed by atoms with E-state index in [-0.39, 0.29) is 17.5 Å². The molecule has 172 valence electrons. The van der Waals surface area contributed by atoms with E-state index in [0.717, 1.165) is 24.0 Å². The third-order valence-corrected chi connectivity index (χ3v) is 7.95. The number of anilines is 1. The quantitative estimate of drug-likeness (QED) is 0.621. The SMILES string of the molecule is Cc1ccc(NC(=O)C(=O)NCC[C@H]2CCCCN2S(=O)(=O)c2ccc(Cl)cc2)cc1C. The maximum absolute atomic E-state index is 13.1. The Labute approximate surface area is 194 Å². The lowest BCUT2D eigenvalue weighted by Crippen LogP contribution is -2.45. The lowest BCUT2D eigenvalue weighted by atomic mass is 10.0. The van der Waals surface area contributed by atoms with Crippen molar-refractivity contribution in [2.24, 2.45) is 0 Å². The van der Waals surface area contributed by atoms with Crippen LogP contribution in [0, 0.1) is 13.8 Å². The van der Waals surface area contributed by atoms with Gasteiger partial charge < -0.3 is 10.6 Å². The van der Waals surface area contributed by atoms with E-state index in [4.69, 9.17) is 11.6 Å². The fourth-order valence-electron chi connectivity index (χ4n) is 3.76. The molecule has 0 bridgehead atoms. The summed E-state index contributed by atoms with van der Waals surface area (Å²) in [4.78, 5) is 24.6. The van der Waals surface area contributed by atoms with Gasteiger partial charge in [-0.15, -0.1) is 0 Å². The summed E-state index contributed by atoms with van der Waals surface area (Å²) in [5, 5.41) is 5.67. The molecule has 1 heterocycles. The lowest BCUT2D eigenvalue weighted by molar-refractivity contribution is -0.136. The smallest absolute Gasteiger partial charge is 0.313 e. The van der Waals surface area contributed by atoms with Gasteiger partial charge in [-0.05, 0) is 80.6 Å². The second-order valence-electron chi connectivity index (χ2n) is 8.02. The summed E-state index contributed by atoms with van der Waals surface area (Å²) in [5.41, 5.74) is 2.67. The molecule has 2 aromatic carbocycles. The average molecular weight is 478 g/mol. The molecular weight excluding hydrogens is 450 g/mol. The molecule has 0 spiro atoms. The van der Waals surface area contributed by atoms with Gasteiger partial charge in [0.05, 0.1) is 4.90 Å². The second-order valence-corrected chi connectivity index (χ2v) is 10.3. The molecule has 1 aliphatic heterocycles. The van der Waals surface area contributed by atoms with Crippen molar-refractivity contribution in [3.8, 4) is 0 Å². The predicted molar refractivity (Wildman–Crippen MR) is 125 cm³/mol. The molecule has 0 saturated carbocycles. The first kappa shape index (κ1) is 24.2. The van der Waals surface area contributed by atoms with Crippen molar-refractivity contribution in [1.82, 2.24) is 9.62 Å². The molecule has 2 N–H and O–H groups in total. The van der Waals surface area contributed by atoms with Crippen LogP contribution in [0.15, 0.2) is 47.4 Å². The molecule has 0 aromatic heterocycles. The van der Waals surface area contributed by atoms with E-state index in [1.54, 1.807) is 18.2 Å². The molecule has 2 aromatic rings. The molecule has 0 radical (unpaired) electrons. The number of hydrogen-bond donors (Lipinski definition) is 2. The highest BCUT2D eigenvalue weighted by Gasteiger charge is 2.33. The van der Waals surface area contributed by atoms with Gasteiger partial charge >= 0.3 is 11.8 Å². The molecule has 0 aliphatic carbocycles. The summed E-state index contributed by atoms with van der Waals surface area (Å²) < 4.78 is 27.7. The fraction of sp³-hybridized carbons (Fsp3) is 0.391. The molecule has 1 atom stereocenters. The fourth-order valence-corrected chi connectivity index (χ4v) is 5.61. The van der Waals surface area contributed by atoms with Crippen LogP contribution in [0.2, 0.25) is 5.02 Å². The Morgan fingerprint density at radius 1 is 1.03 bits per heavy atom. The van der Waals surface area contributed by atoms with Gasteiger partial charge in [0.1, 0.15) is 0 Å². The monoisotopic (exact) mass is 477 g/mol. The zero-order valence-electron chi connectivity index (χ0n) is 18.2. The van der Waals surface area contributed by atoms with E-state index < -0.39 is 21.8 Å². The van der Waals surface area contributed by atoms with Gasteiger partial charge in [-0.3, -0.25) is 9.59 Å². The number of nitrogens with zero attached hydrogens (tertiary/aromatic N) is 1. The summed E-state index contributed by atoms with van der Waals surface area (Å²) in [5.74, 6) is -1.49. The number of nitrogens with one attached hydrogen (secondary N) is 2. The molecule has 32 heavy (non-hydrogen) atoms. The summed E-state index contributed by atoms with van der Waals surface area (Å²) >= 11 is 5.88. The molecular formula is C23H28ClN3O4S. The third-order valence-electron chi connectivity index (χ3n) is 5.73. The van der Waals surface area contributed by atoms with Crippen LogP contribution < -0.4 is 10.6 Å². The van der Waals surface area contributed by atoms with Gasteiger partial charge in [0.2, 0.25) is 10.0 Å². The molecule has 1 saturated heterocycles. The maximum atomic E-state index is 13.1. The number of amides is 2. The van der Waals surface area contributed by atoms with Crippen molar-refractivity contribution in [2.45, 2.75) is 50.5 Å². The minimum atomic E-state index is -3.66. The predicted octanol–water partition coefficient (Wildman–Crippen LogP) is 3.65. The van der Waals surface area contributed by atoms with Crippen molar-refractivity contribution in [3.63, 3.8) is 0 Å². The Kier molecular flexibility index (Phi) is 7.92. The van der Waals surface area contributed by atoms with Gasteiger partial charge in [-0.1, -0.05) is 24.1 Å². The Morgan fingerprint density at radius 3 is 2.44 bits per heavy atom. The van der Waals surface area contributed by atoms with E-state index in [9.17, 15) is 18.0 Å². The van der Waals surface area contributed by atoms with Gasteiger partial charge in [-0.25, -0.2) is 8.42 Å². The van der Waals surface area contributed by atoms with Gasteiger partial charge in [0.15, 0.2) is 0 Å². The Hall–Kier alpha value is -2.42. The van der Waals surface area contributed by atoms with E-state index in [0.29, 0.717) is 30.1 Å². The average Bonchev–Trinajstić information content (AvgIpc) is 2.76. The highest BCUT2D eigenvalue weighted by Crippen LogP contribution is 2.27. The number of carbonyl (C=O) groups is 2. The molecule has 9 heteroatoms. The van der Waals surface area contributed by atoms with Crippen molar-refractivity contribution < 1.29 is 18.0 Å². The number of hydrogen-bond acceptors (Lipinski definition) is 4. The molecule has 2 amide bonds. The number of sulfonamides is 1. The zero-order valence-corrected chi connectivity index (χ0v) is 19.8. The van der Waals surface area contributed by atoms with Crippen LogP contribution in [0.1, 0.15) is 36.8 Å². The van der Waals surface area contributed by atoms with Gasteiger partial charge in [-0.2, -0.15) is 4.31 Å². The lowest BCUT2D eigenvalue weighted by Gasteiger charge is -2.34. The minimum absolute atomic E-state index is 0.200. The number of halogens is 1. The first-order chi connectivity index (χ1) is 15.2. The number of benzene rings is 2. The molecule has 0 unspecified atom stereocenters. The third kappa shape index (κ3) is 5.88. The first-order valence-corrected chi connectivity index (χ1v) is 12.4. The van der Waals surface area contributed by atoms with Crippen LogP contribution in [-0.2, 0) is 19.6 Å². The van der Waals surface area contributed by atoms with Crippen LogP contribution in [0.25, 0.3) is 0 Å². The second kappa shape index (κ2) is 10.5. The Balaban J connectivity index is 1.57. The summed E-state index contributed by atoms with van der Waals surface area (Å²) in [6, 6.07) is 11.3. The molecule has 1 aliphatic rings. The molecule has 7 nitrogen and oxygen atoms in total. The minimum Gasteiger partial charge on any atom is -0.348 e. The van der Waals surface area contributed by atoms with Gasteiger partial charge in [0, 0.05) is 29.8 Å². The van der Waals surface area contributed by atoms with Crippen LogP contribution in [0.5, 0.6) is 0 Å². The van der Waals surface area contributed by atoms with Crippen LogP contribution >= 0.6 is 11.6 Å². The number of carbonyl (C=O) groups excluding carboxylic acids is 2. The largest absolute Gasteiger partial charge is 0.348 e. The Morgan fingerprint density at radius 2 is 1.75 bits per heavy atom. The van der Waals surface area contributed by atoms with E-state index >= 15 is 0 Å². The summed E-state index contributed by atoms with van der Waals surface area (Å²) in [6.45, 7) is 4.53. The Bertz CT molecular complexity index is 1090. The molecule has 1 fully saturated rings. The molecule has 3 rings (SSSR count). The van der Waals surface area contributed by atoms with Crippen LogP contribution in [0.4, 0.5) is 5.69 Å². The topological polar surface area (TPSA) is 95.6 Å². The standard InChI is InChI=1S/C23H28ClN3O4S/c1-16-6-9-19(15-17(16)2)26-23(29)22(28)25-13-12-20-5-3-4-14-27(20)32(30,31)21-10-7-18(24)8-11-21/h6-11,15,20H,3-5,12-14H2,1-2H3,(H,25,28)(H,26,29)/t20-/m1/s1. The highest BCUT2D eigenvalue weighted by molar-refractivity contribution is 7.89. The highest BCUT2D eigenvalue weighted by atomic mass is 35.5. The van der Waals surface area contributed by atoms with Crippen molar-refractivity contribution in [2.75, 3.05) is 18.4 Å². The summed E-state index contributed by atoms with van der Waals surface area (Å²) in [6.07, 6.45) is 2.83. The van der Waals surface area contributed by atoms with Crippen LogP contribution in [-0.4, -0.2) is 43.7 Å². The first-order valence-electron chi connectivity index (χ1n) is 10.6. The summed E-state index contributed by atoms with van der Waals surface area (Å²) in [7, 11) is -3.66. The van der Waals surface area contributed by atoms with Crippen molar-refractivity contribution in [1.29, 1.82) is 0 Å².